The van der Waals surface area contributed by atoms with Crippen LogP contribution in [0, 0.1) is 0 Å². The average molecular weight is 269 g/mol. The molecule has 1 unspecified atom stereocenters. The van der Waals surface area contributed by atoms with Crippen LogP contribution in [0.5, 0.6) is 0 Å². The lowest BCUT2D eigenvalue weighted by Gasteiger charge is -2.31. The Morgan fingerprint density at radius 2 is 2.21 bits per heavy atom. The molecule has 1 atom stereocenters. The Bertz CT molecular complexity index is 274. The van der Waals surface area contributed by atoms with Crippen molar-refractivity contribution in [3.63, 3.8) is 0 Å². The second-order valence-electron chi connectivity index (χ2n) is 5.52. The first kappa shape index (κ1) is 14.8. The average Bonchev–Trinajstić information content (AvgIpc) is 2.93. The summed E-state index contributed by atoms with van der Waals surface area (Å²) in [5.74, 6) is 0.259. The van der Waals surface area contributed by atoms with E-state index in [1.54, 1.807) is 0 Å². The maximum atomic E-state index is 12.3. The summed E-state index contributed by atoms with van der Waals surface area (Å²) in [6.45, 7) is 8.74. The number of rotatable bonds is 6. The standard InChI is InChI=1S/C14H27N3O2/c1-2-6-16(11-13-4-3-5-15-13)12-14(18)17-7-9-19-10-8-17/h13,15H,2-12H2,1H3. The molecule has 2 heterocycles. The van der Waals surface area contributed by atoms with E-state index >= 15 is 0 Å². The van der Waals surface area contributed by atoms with Crippen LogP contribution in [0.1, 0.15) is 26.2 Å². The third-order valence-electron chi connectivity index (χ3n) is 3.90. The van der Waals surface area contributed by atoms with Gasteiger partial charge >= 0.3 is 0 Å². The predicted octanol–water partition coefficient (Wildman–Crippen LogP) is 0.309. The summed E-state index contributed by atoms with van der Waals surface area (Å²) >= 11 is 0. The van der Waals surface area contributed by atoms with E-state index in [1.807, 2.05) is 4.90 Å². The Morgan fingerprint density at radius 3 is 2.84 bits per heavy atom. The van der Waals surface area contributed by atoms with Gasteiger partial charge in [0.2, 0.25) is 5.91 Å². The maximum Gasteiger partial charge on any atom is 0.236 e. The predicted molar refractivity (Wildman–Crippen MR) is 75.2 cm³/mol. The summed E-state index contributed by atoms with van der Waals surface area (Å²) in [6.07, 6.45) is 3.61. The molecule has 0 spiro atoms. The molecule has 0 aromatic rings. The van der Waals surface area contributed by atoms with Gasteiger partial charge in [-0.2, -0.15) is 0 Å². The summed E-state index contributed by atoms with van der Waals surface area (Å²) in [7, 11) is 0. The van der Waals surface area contributed by atoms with Gasteiger partial charge in [-0.05, 0) is 32.4 Å². The molecular weight excluding hydrogens is 242 g/mol. The van der Waals surface area contributed by atoms with Gasteiger partial charge < -0.3 is 15.0 Å². The molecule has 2 aliphatic rings. The van der Waals surface area contributed by atoms with Crippen molar-refractivity contribution < 1.29 is 9.53 Å². The van der Waals surface area contributed by atoms with Gasteiger partial charge in [0.25, 0.3) is 0 Å². The van der Waals surface area contributed by atoms with E-state index in [2.05, 4.69) is 17.1 Å². The topological polar surface area (TPSA) is 44.8 Å². The summed E-state index contributed by atoms with van der Waals surface area (Å²) in [6, 6.07) is 0.573. The van der Waals surface area contributed by atoms with Crippen LogP contribution < -0.4 is 5.32 Å². The molecule has 2 saturated heterocycles. The van der Waals surface area contributed by atoms with E-state index in [4.69, 9.17) is 4.74 Å². The van der Waals surface area contributed by atoms with Gasteiger partial charge in [0.1, 0.15) is 0 Å². The first-order chi connectivity index (χ1) is 9.29. The molecule has 0 aliphatic carbocycles. The Morgan fingerprint density at radius 1 is 1.42 bits per heavy atom. The Hall–Kier alpha value is -0.650. The first-order valence-corrected chi connectivity index (χ1v) is 7.61. The van der Waals surface area contributed by atoms with Gasteiger partial charge in [-0.25, -0.2) is 0 Å². The minimum Gasteiger partial charge on any atom is -0.378 e. The van der Waals surface area contributed by atoms with E-state index in [-0.39, 0.29) is 5.91 Å². The zero-order valence-electron chi connectivity index (χ0n) is 12.1. The minimum absolute atomic E-state index is 0.259. The Labute approximate surface area is 116 Å². The van der Waals surface area contributed by atoms with Crippen molar-refractivity contribution in [1.82, 2.24) is 15.1 Å². The molecule has 0 aromatic carbocycles. The number of nitrogens with one attached hydrogen (secondary N) is 1. The van der Waals surface area contributed by atoms with Gasteiger partial charge in [0.15, 0.2) is 0 Å². The molecule has 2 aliphatic heterocycles. The lowest BCUT2D eigenvalue weighted by molar-refractivity contribution is -0.136. The lowest BCUT2D eigenvalue weighted by atomic mass is 10.2. The summed E-state index contributed by atoms with van der Waals surface area (Å²) < 4.78 is 5.29. The van der Waals surface area contributed by atoms with Crippen LogP contribution in [0.25, 0.3) is 0 Å². The highest BCUT2D eigenvalue weighted by atomic mass is 16.5. The molecule has 0 saturated carbocycles. The second kappa shape index (κ2) is 7.82. The number of ether oxygens (including phenoxy) is 1. The lowest BCUT2D eigenvalue weighted by Crippen LogP contribution is -2.48. The quantitative estimate of drug-likeness (QED) is 0.754. The SMILES string of the molecule is CCCN(CC(=O)N1CCOCC1)CC1CCCN1. The minimum atomic E-state index is 0.259. The van der Waals surface area contributed by atoms with Crippen LogP contribution >= 0.6 is 0 Å². The van der Waals surface area contributed by atoms with Gasteiger partial charge in [0.05, 0.1) is 19.8 Å². The van der Waals surface area contributed by atoms with Gasteiger partial charge in [-0.15, -0.1) is 0 Å². The van der Waals surface area contributed by atoms with Crippen molar-refractivity contribution >= 4 is 5.91 Å². The number of carbonyl (C=O) groups is 1. The highest BCUT2D eigenvalue weighted by Crippen LogP contribution is 2.08. The third-order valence-corrected chi connectivity index (χ3v) is 3.90. The fourth-order valence-electron chi connectivity index (χ4n) is 2.88. The van der Waals surface area contributed by atoms with Crippen molar-refractivity contribution in [2.75, 3.05) is 52.5 Å². The molecule has 5 heteroatoms. The van der Waals surface area contributed by atoms with Crippen LogP contribution in [0.3, 0.4) is 0 Å². The Balaban J connectivity index is 1.78. The van der Waals surface area contributed by atoms with Crippen LogP contribution in [-0.2, 0) is 9.53 Å². The van der Waals surface area contributed by atoms with Crippen LogP contribution in [-0.4, -0.2) is 74.2 Å². The number of amides is 1. The number of hydrogen-bond acceptors (Lipinski definition) is 4. The number of hydrogen-bond donors (Lipinski definition) is 1. The highest BCUT2D eigenvalue weighted by molar-refractivity contribution is 5.78. The number of morpholine rings is 1. The number of carbonyl (C=O) groups excluding carboxylic acids is 1. The van der Waals surface area contributed by atoms with Crippen LogP contribution in [0.15, 0.2) is 0 Å². The highest BCUT2D eigenvalue weighted by Gasteiger charge is 2.22. The molecule has 0 radical (unpaired) electrons. The maximum absolute atomic E-state index is 12.3. The van der Waals surface area contributed by atoms with Crippen molar-refractivity contribution in [2.24, 2.45) is 0 Å². The third kappa shape index (κ3) is 4.75. The van der Waals surface area contributed by atoms with E-state index < -0.39 is 0 Å². The zero-order valence-corrected chi connectivity index (χ0v) is 12.1. The molecule has 0 aromatic heterocycles. The summed E-state index contributed by atoms with van der Waals surface area (Å²) in [5, 5.41) is 3.51. The monoisotopic (exact) mass is 269 g/mol. The largest absolute Gasteiger partial charge is 0.378 e. The van der Waals surface area contributed by atoms with Gasteiger partial charge in [-0.1, -0.05) is 6.92 Å². The molecule has 1 N–H and O–H groups in total. The van der Waals surface area contributed by atoms with Crippen LogP contribution in [0.2, 0.25) is 0 Å². The molecule has 1 amide bonds. The fraction of sp³-hybridized carbons (Fsp3) is 0.929. The summed E-state index contributed by atoms with van der Waals surface area (Å²) in [4.78, 5) is 16.5. The van der Waals surface area contributed by atoms with E-state index in [9.17, 15) is 4.79 Å². The molecule has 110 valence electrons. The fourth-order valence-corrected chi connectivity index (χ4v) is 2.88. The molecule has 2 rings (SSSR count). The smallest absolute Gasteiger partial charge is 0.236 e. The van der Waals surface area contributed by atoms with Gasteiger partial charge in [0, 0.05) is 25.7 Å². The summed E-state index contributed by atoms with van der Waals surface area (Å²) in [5.41, 5.74) is 0. The Kier molecular flexibility index (Phi) is 6.07. The number of nitrogens with zero attached hydrogens (tertiary/aromatic N) is 2. The zero-order chi connectivity index (χ0) is 13.5. The molecule has 5 nitrogen and oxygen atoms in total. The van der Waals surface area contributed by atoms with Crippen molar-refractivity contribution in [3.8, 4) is 0 Å². The second-order valence-corrected chi connectivity index (χ2v) is 5.52. The molecule has 0 bridgehead atoms. The van der Waals surface area contributed by atoms with Crippen molar-refractivity contribution in [2.45, 2.75) is 32.2 Å². The van der Waals surface area contributed by atoms with Crippen molar-refractivity contribution in [1.29, 1.82) is 0 Å². The molecule has 19 heavy (non-hydrogen) atoms. The molecular formula is C14H27N3O2. The van der Waals surface area contributed by atoms with E-state index in [0.717, 1.165) is 39.1 Å². The first-order valence-electron chi connectivity index (χ1n) is 7.61. The van der Waals surface area contributed by atoms with E-state index in [1.165, 1.54) is 12.8 Å². The van der Waals surface area contributed by atoms with Crippen LogP contribution in [0.4, 0.5) is 0 Å². The van der Waals surface area contributed by atoms with E-state index in [0.29, 0.717) is 25.8 Å². The van der Waals surface area contributed by atoms with Gasteiger partial charge in [-0.3, -0.25) is 9.69 Å². The molecule has 2 fully saturated rings. The normalized spacial score (nSPS) is 24.1. The van der Waals surface area contributed by atoms with Crippen molar-refractivity contribution in [3.05, 3.63) is 0 Å².